The average molecular weight is 462 g/mol. The number of hydrogen-bond acceptors (Lipinski definition) is 6. The fourth-order valence-electron chi connectivity index (χ4n) is 3.08. The molecule has 3 rings (SSSR count). The highest BCUT2D eigenvalue weighted by atomic mass is 35.5. The van der Waals surface area contributed by atoms with Gasteiger partial charge in [0, 0.05) is 18.5 Å². The molecule has 1 aromatic heterocycles. The number of aromatic nitrogens is 1. The van der Waals surface area contributed by atoms with Crippen LogP contribution in [0.5, 0.6) is 5.88 Å². The van der Waals surface area contributed by atoms with Crippen molar-refractivity contribution in [2.45, 2.75) is 30.0 Å². The van der Waals surface area contributed by atoms with E-state index in [1.165, 1.54) is 42.6 Å². The zero-order chi connectivity index (χ0) is 22.3. The number of nitrogens with zero attached hydrogens (tertiary/aromatic N) is 1. The van der Waals surface area contributed by atoms with Crippen molar-refractivity contribution in [3.05, 3.63) is 58.9 Å². The van der Waals surface area contributed by atoms with Crippen LogP contribution in [0.4, 0.5) is 13.2 Å². The number of carbonyl (C=O) groups excluding carboxylic acids is 1. The van der Waals surface area contributed by atoms with Crippen molar-refractivity contribution in [2.24, 2.45) is 0 Å². The first-order valence-electron chi connectivity index (χ1n) is 8.43. The van der Waals surface area contributed by atoms with Gasteiger partial charge in [-0.25, -0.2) is 18.2 Å². The SMILES string of the molecule is C[C@]1(CC(F)(F)F)OC(=O)C(Oc2ccc(Cl)cn2)=C1c1ccc(S(C)(=O)=O)cc1. The van der Waals surface area contributed by atoms with Gasteiger partial charge in [0.05, 0.1) is 21.9 Å². The van der Waals surface area contributed by atoms with Crippen molar-refractivity contribution in [3.63, 3.8) is 0 Å². The van der Waals surface area contributed by atoms with Crippen molar-refractivity contribution < 1.29 is 35.9 Å². The van der Waals surface area contributed by atoms with Gasteiger partial charge in [-0.3, -0.25) is 0 Å². The van der Waals surface area contributed by atoms with Gasteiger partial charge < -0.3 is 9.47 Å². The number of benzene rings is 1. The molecule has 1 aliphatic heterocycles. The van der Waals surface area contributed by atoms with E-state index in [9.17, 15) is 26.4 Å². The molecule has 0 radical (unpaired) electrons. The second-order valence-corrected chi connectivity index (χ2v) is 9.28. The molecule has 30 heavy (non-hydrogen) atoms. The van der Waals surface area contributed by atoms with E-state index in [1.54, 1.807) is 0 Å². The number of rotatable bonds is 5. The van der Waals surface area contributed by atoms with Gasteiger partial charge in [-0.1, -0.05) is 23.7 Å². The number of ether oxygens (including phenoxy) is 2. The molecule has 0 aliphatic carbocycles. The van der Waals surface area contributed by atoms with Gasteiger partial charge in [-0.2, -0.15) is 13.2 Å². The molecule has 1 aliphatic rings. The largest absolute Gasteiger partial charge is 0.448 e. The summed E-state index contributed by atoms with van der Waals surface area (Å²) in [6, 6.07) is 7.81. The van der Waals surface area contributed by atoms with Crippen LogP contribution in [0, 0.1) is 0 Å². The van der Waals surface area contributed by atoms with Crippen LogP contribution in [0.1, 0.15) is 18.9 Å². The Kier molecular flexibility index (Phi) is 5.59. The van der Waals surface area contributed by atoms with E-state index in [-0.39, 0.29) is 21.9 Å². The number of sulfone groups is 1. The zero-order valence-corrected chi connectivity index (χ0v) is 17.2. The Bertz CT molecular complexity index is 1110. The Morgan fingerprint density at radius 1 is 1.17 bits per heavy atom. The standard InChI is InChI=1S/C19H15ClF3NO5S/c1-18(10-19(21,22)23)15(11-3-6-13(7-4-11)30(2,26)27)16(17(25)29-18)28-14-8-5-12(20)9-24-14/h3-9H,10H2,1-2H3/t18-/m1/s1. The number of halogens is 4. The molecule has 1 aromatic carbocycles. The molecular formula is C19H15ClF3NO5S. The third kappa shape index (κ3) is 4.76. The molecule has 2 aromatic rings. The molecule has 0 bridgehead atoms. The van der Waals surface area contributed by atoms with E-state index >= 15 is 0 Å². The van der Waals surface area contributed by atoms with Gasteiger partial charge >= 0.3 is 12.1 Å². The highest BCUT2D eigenvalue weighted by Crippen LogP contribution is 2.46. The Labute approximate surface area is 175 Å². The highest BCUT2D eigenvalue weighted by molar-refractivity contribution is 7.90. The summed E-state index contributed by atoms with van der Waals surface area (Å²) in [5.41, 5.74) is -2.10. The van der Waals surface area contributed by atoms with Crippen LogP contribution in [0.25, 0.3) is 5.57 Å². The molecule has 2 heterocycles. The third-order valence-electron chi connectivity index (χ3n) is 4.28. The number of alkyl halides is 3. The van der Waals surface area contributed by atoms with Crippen LogP contribution in [0.3, 0.4) is 0 Å². The van der Waals surface area contributed by atoms with Crippen LogP contribution >= 0.6 is 11.6 Å². The number of cyclic esters (lactones) is 1. The van der Waals surface area contributed by atoms with Crippen LogP contribution in [-0.2, 0) is 19.4 Å². The van der Waals surface area contributed by atoms with E-state index < -0.39 is 39.8 Å². The molecule has 0 N–H and O–H groups in total. The van der Waals surface area contributed by atoms with Gasteiger partial charge in [0.15, 0.2) is 9.84 Å². The maximum absolute atomic E-state index is 13.2. The minimum absolute atomic E-state index is 0.0311. The zero-order valence-electron chi connectivity index (χ0n) is 15.7. The first kappa shape index (κ1) is 22.1. The van der Waals surface area contributed by atoms with Crippen LogP contribution in [0.15, 0.2) is 53.2 Å². The van der Waals surface area contributed by atoms with E-state index in [4.69, 9.17) is 21.1 Å². The number of esters is 1. The second kappa shape index (κ2) is 7.59. The summed E-state index contributed by atoms with van der Waals surface area (Å²) in [5, 5.41) is 0.295. The Morgan fingerprint density at radius 2 is 1.80 bits per heavy atom. The molecule has 0 spiro atoms. The predicted octanol–water partition coefficient (Wildman–Crippen LogP) is 4.20. The topological polar surface area (TPSA) is 82.6 Å². The van der Waals surface area contributed by atoms with Gasteiger partial charge in [0.1, 0.15) is 5.60 Å². The van der Waals surface area contributed by atoms with Gasteiger partial charge in [-0.05, 0) is 30.7 Å². The predicted molar refractivity (Wildman–Crippen MR) is 102 cm³/mol. The summed E-state index contributed by atoms with van der Waals surface area (Å²) in [6.45, 7) is 1.11. The molecule has 6 nitrogen and oxygen atoms in total. The lowest BCUT2D eigenvalue weighted by atomic mass is 9.87. The van der Waals surface area contributed by atoms with Gasteiger partial charge in [-0.15, -0.1) is 0 Å². The van der Waals surface area contributed by atoms with Crippen molar-refractivity contribution in [1.29, 1.82) is 0 Å². The lowest BCUT2D eigenvalue weighted by Gasteiger charge is -2.27. The van der Waals surface area contributed by atoms with Crippen molar-refractivity contribution in [3.8, 4) is 5.88 Å². The van der Waals surface area contributed by atoms with Crippen molar-refractivity contribution in [1.82, 2.24) is 4.98 Å². The molecular weight excluding hydrogens is 447 g/mol. The third-order valence-corrected chi connectivity index (χ3v) is 5.63. The average Bonchev–Trinajstić information content (AvgIpc) is 2.84. The van der Waals surface area contributed by atoms with Gasteiger partial charge in [0.25, 0.3) is 0 Å². The summed E-state index contributed by atoms with van der Waals surface area (Å²) in [7, 11) is -3.53. The van der Waals surface area contributed by atoms with E-state index in [1.807, 2.05) is 0 Å². The Balaban J connectivity index is 2.14. The minimum atomic E-state index is -4.65. The fraction of sp³-hybridized carbons (Fsp3) is 0.263. The maximum Gasteiger partial charge on any atom is 0.393 e. The van der Waals surface area contributed by atoms with Crippen LogP contribution in [0.2, 0.25) is 5.02 Å². The first-order valence-corrected chi connectivity index (χ1v) is 10.7. The molecule has 11 heteroatoms. The number of hydrogen-bond donors (Lipinski definition) is 0. The van der Waals surface area contributed by atoms with Gasteiger partial charge in [0.2, 0.25) is 11.6 Å². The number of pyridine rings is 1. The Hall–Kier alpha value is -2.59. The monoisotopic (exact) mass is 461 g/mol. The molecule has 0 amide bonds. The lowest BCUT2D eigenvalue weighted by molar-refractivity contribution is -0.176. The summed E-state index contributed by atoms with van der Waals surface area (Å²) < 4.78 is 73.6. The molecule has 1 atom stereocenters. The smallest absolute Gasteiger partial charge is 0.393 e. The van der Waals surface area contributed by atoms with E-state index in [2.05, 4.69) is 4.98 Å². The second-order valence-electron chi connectivity index (χ2n) is 6.83. The van der Waals surface area contributed by atoms with Crippen molar-refractivity contribution >= 4 is 33.0 Å². The summed E-state index contributed by atoms with van der Waals surface area (Å²) in [4.78, 5) is 16.3. The molecule has 0 saturated heterocycles. The van der Waals surface area contributed by atoms with Crippen LogP contribution in [-0.4, -0.2) is 37.4 Å². The summed E-state index contributed by atoms with van der Waals surface area (Å²) in [6.07, 6.45) is -3.87. The molecule has 0 saturated carbocycles. The van der Waals surface area contributed by atoms with E-state index in [0.29, 0.717) is 5.02 Å². The molecule has 0 fully saturated rings. The Morgan fingerprint density at radius 3 is 2.30 bits per heavy atom. The number of carbonyl (C=O) groups is 1. The maximum atomic E-state index is 13.2. The highest BCUT2D eigenvalue weighted by Gasteiger charge is 2.52. The fourth-order valence-corrected chi connectivity index (χ4v) is 3.82. The van der Waals surface area contributed by atoms with Crippen molar-refractivity contribution in [2.75, 3.05) is 6.26 Å². The minimum Gasteiger partial charge on any atom is -0.448 e. The lowest BCUT2D eigenvalue weighted by Crippen LogP contribution is -2.33. The summed E-state index contributed by atoms with van der Waals surface area (Å²) >= 11 is 5.76. The van der Waals surface area contributed by atoms with E-state index in [0.717, 1.165) is 13.2 Å². The summed E-state index contributed by atoms with van der Waals surface area (Å²) in [5.74, 6) is -1.64. The normalized spacial score (nSPS) is 19.7. The quantitative estimate of drug-likeness (QED) is 0.621. The van der Waals surface area contributed by atoms with Crippen LogP contribution < -0.4 is 4.74 Å². The molecule has 160 valence electrons. The molecule has 0 unspecified atom stereocenters. The first-order chi connectivity index (χ1) is 13.8.